The van der Waals surface area contributed by atoms with Crippen molar-refractivity contribution in [2.75, 3.05) is 0 Å². The van der Waals surface area contributed by atoms with Crippen LogP contribution in [0.3, 0.4) is 0 Å². The van der Waals surface area contributed by atoms with Crippen molar-refractivity contribution in [2.45, 2.75) is 6.54 Å². The summed E-state index contributed by atoms with van der Waals surface area (Å²) in [4.78, 5) is 26.3. The van der Waals surface area contributed by atoms with Crippen LogP contribution < -0.4 is 10.1 Å². The SMILES string of the molecule is O=C(NCc1ccnc(Oc2ccc(F)cc2)c1)c1ccc([N+](=O)[O-])cc1. The largest absolute Gasteiger partial charge is 0.439 e. The summed E-state index contributed by atoms with van der Waals surface area (Å²) in [6, 6.07) is 14.2. The Bertz CT molecular complexity index is 959. The summed E-state index contributed by atoms with van der Waals surface area (Å²) in [7, 11) is 0. The second-order valence-corrected chi connectivity index (χ2v) is 5.54. The third-order valence-electron chi connectivity index (χ3n) is 3.63. The van der Waals surface area contributed by atoms with Crippen LogP contribution in [0.2, 0.25) is 0 Å². The van der Waals surface area contributed by atoms with Crippen molar-refractivity contribution in [1.82, 2.24) is 10.3 Å². The Kier molecular flexibility index (Phi) is 5.36. The average Bonchev–Trinajstić information content (AvgIpc) is 2.68. The van der Waals surface area contributed by atoms with E-state index in [0.717, 1.165) is 5.56 Å². The van der Waals surface area contributed by atoms with E-state index in [0.29, 0.717) is 17.2 Å². The highest BCUT2D eigenvalue weighted by molar-refractivity contribution is 5.94. The van der Waals surface area contributed by atoms with Gasteiger partial charge in [0.25, 0.3) is 11.6 Å². The number of carbonyl (C=O) groups excluding carboxylic acids is 1. The number of pyridine rings is 1. The third kappa shape index (κ3) is 4.85. The van der Waals surface area contributed by atoms with Crippen molar-refractivity contribution >= 4 is 11.6 Å². The first-order chi connectivity index (χ1) is 13.0. The first-order valence-electron chi connectivity index (χ1n) is 7.92. The molecule has 0 spiro atoms. The lowest BCUT2D eigenvalue weighted by atomic mass is 10.2. The van der Waals surface area contributed by atoms with E-state index in [-0.39, 0.29) is 24.0 Å². The standard InChI is InChI=1S/C19H14FN3O4/c20-15-3-7-17(8-4-15)27-18-11-13(9-10-21-18)12-22-19(24)14-1-5-16(6-2-14)23(25)26/h1-11H,12H2,(H,22,24). The number of non-ortho nitro benzene ring substituents is 1. The Morgan fingerprint density at radius 1 is 1.11 bits per heavy atom. The Hall–Kier alpha value is -3.81. The van der Waals surface area contributed by atoms with E-state index in [2.05, 4.69) is 10.3 Å². The maximum Gasteiger partial charge on any atom is 0.269 e. The van der Waals surface area contributed by atoms with Crippen LogP contribution in [0.25, 0.3) is 0 Å². The average molecular weight is 367 g/mol. The van der Waals surface area contributed by atoms with Crippen LogP contribution in [-0.2, 0) is 6.54 Å². The molecule has 0 unspecified atom stereocenters. The number of hydrogen-bond acceptors (Lipinski definition) is 5. The number of ether oxygens (including phenoxy) is 1. The molecule has 1 aromatic heterocycles. The molecule has 3 rings (SSSR count). The number of nitrogens with zero attached hydrogens (tertiary/aromatic N) is 2. The molecule has 1 amide bonds. The summed E-state index contributed by atoms with van der Waals surface area (Å²) in [5.74, 6) is 0.0281. The summed E-state index contributed by atoms with van der Waals surface area (Å²) in [6.45, 7) is 0.220. The molecule has 0 saturated heterocycles. The number of aromatic nitrogens is 1. The minimum absolute atomic E-state index is 0.0803. The van der Waals surface area contributed by atoms with Crippen molar-refractivity contribution in [3.8, 4) is 11.6 Å². The molecule has 1 heterocycles. The number of carbonyl (C=O) groups is 1. The molecule has 0 atom stereocenters. The normalized spacial score (nSPS) is 10.3. The molecule has 0 bridgehead atoms. The van der Waals surface area contributed by atoms with Crippen LogP contribution in [0, 0.1) is 15.9 Å². The van der Waals surface area contributed by atoms with E-state index in [1.165, 1.54) is 54.7 Å². The van der Waals surface area contributed by atoms with Crippen LogP contribution in [-0.4, -0.2) is 15.8 Å². The van der Waals surface area contributed by atoms with Gasteiger partial charge in [0.15, 0.2) is 0 Å². The van der Waals surface area contributed by atoms with Gasteiger partial charge in [0.1, 0.15) is 11.6 Å². The molecule has 0 saturated carbocycles. The number of halogens is 1. The summed E-state index contributed by atoms with van der Waals surface area (Å²) < 4.78 is 18.5. The number of benzene rings is 2. The van der Waals surface area contributed by atoms with Crippen molar-refractivity contribution in [3.05, 3.63) is 93.9 Å². The highest BCUT2D eigenvalue weighted by atomic mass is 19.1. The van der Waals surface area contributed by atoms with Crippen LogP contribution in [0.15, 0.2) is 66.9 Å². The van der Waals surface area contributed by atoms with Gasteiger partial charge in [-0.25, -0.2) is 9.37 Å². The number of hydrogen-bond donors (Lipinski definition) is 1. The van der Waals surface area contributed by atoms with Gasteiger partial charge in [-0.2, -0.15) is 0 Å². The van der Waals surface area contributed by atoms with Gasteiger partial charge in [-0.15, -0.1) is 0 Å². The van der Waals surface area contributed by atoms with Crippen LogP contribution in [0.5, 0.6) is 11.6 Å². The smallest absolute Gasteiger partial charge is 0.269 e. The van der Waals surface area contributed by atoms with E-state index < -0.39 is 4.92 Å². The molecule has 0 aliphatic rings. The lowest BCUT2D eigenvalue weighted by Crippen LogP contribution is -2.22. The Labute approximate surface area is 153 Å². The van der Waals surface area contributed by atoms with Crippen LogP contribution >= 0.6 is 0 Å². The lowest BCUT2D eigenvalue weighted by Gasteiger charge is -2.08. The summed E-state index contributed by atoms with van der Waals surface area (Å²) in [5.41, 5.74) is 0.984. The Morgan fingerprint density at radius 2 is 1.81 bits per heavy atom. The molecule has 3 aromatic rings. The summed E-state index contributed by atoms with van der Waals surface area (Å²) in [6.07, 6.45) is 1.53. The van der Waals surface area contributed by atoms with Gasteiger partial charge < -0.3 is 10.1 Å². The van der Waals surface area contributed by atoms with E-state index >= 15 is 0 Å². The summed E-state index contributed by atoms with van der Waals surface area (Å²) >= 11 is 0. The van der Waals surface area contributed by atoms with Crippen molar-refractivity contribution in [3.63, 3.8) is 0 Å². The van der Waals surface area contributed by atoms with E-state index in [1.807, 2.05) is 0 Å². The third-order valence-corrected chi connectivity index (χ3v) is 3.63. The zero-order chi connectivity index (χ0) is 19.2. The predicted molar refractivity (Wildman–Crippen MR) is 95.0 cm³/mol. The lowest BCUT2D eigenvalue weighted by molar-refractivity contribution is -0.384. The zero-order valence-corrected chi connectivity index (χ0v) is 14.0. The maximum atomic E-state index is 12.9. The fourth-order valence-corrected chi connectivity index (χ4v) is 2.26. The molecule has 2 aromatic carbocycles. The van der Waals surface area contributed by atoms with Gasteiger partial charge in [0.05, 0.1) is 4.92 Å². The fraction of sp³-hybridized carbons (Fsp3) is 0.0526. The highest BCUT2D eigenvalue weighted by Gasteiger charge is 2.09. The quantitative estimate of drug-likeness (QED) is 0.527. The van der Waals surface area contributed by atoms with Crippen LogP contribution in [0.4, 0.5) is 10.1 Å². The van der Waals surface area contributed by atoms with Crippen molar-refractivity contribution in [1.29, 1.82) is 0 Å². The van der Waals surface area contributed by atoms with Gasteiger partial charge in [0.2, 0.25) is 5.88 Å². The Balaban J connectivity index is 1.61. The first kappa shape index (κ1) is 18.0. The van der Waals surface area contributed by atoms with Gasteiger partial charge >= 0.3 is 0 Å². The maximum absolute atomic E-state index is 12.9. The second-order valence-electron chi connectivity index (χ2n) is 5.54. The van der Waals surface area contributed by atoms with E-state index in [9.17, 15) is 19.3 Å². The zero-order valence-electron chi connectivity index (χ0n) is 14.0. The number of amides is 1. The monoisotopic (exact) mass is 367 g/mol. The van der Waals surface area contributed by atoms with Crippen molar-refractivity contribution in [2.24, 2.45) is 0 Å². The van der Waals surface area contributed by atoms with E-state index in [4.69, 9.17) is 4.74 Å². The molecular weight excluding hydrogens is 353 g/mol. The van der Waals surface area contributed by atoms with E-state index in [1.54, 1.807) is 12.1 Å². The van der Waals surface area contributed by atoms with Gasteiger partial charge in [-0.3, -0.25) is 14.9 Å². The molecule has 0 radical (unpaired) electrons. The van der Waals surface area contributed by atoms with Crippen LogP contribution in [0.1, 0.15) is 15.9 Å². The van der Waals surface area contributed by atoms with Gasteiger partial charge in [-0.05, 0) is 48.0 Å². The highest BCUT2D eigenvalue weighted by Crippen LogP contribution is 2.20. The predicted octanol–water partition coefficient (Wildman–Crippen LogP) is 3.85. The topological polar surface area (TPSA) is 94.4 Å². The minimum Gasteiger partial charge on any atom is -0.439 e. The summed E-state index contributed by atoms with van der Waals surface area (Å²) in [5, 5.41) is 13.4. The van der Waals surface area contributed by atoms with Gasteiger partial charge in [0, 0.05) is 36.5 Å². The molecule has 7 nitrogen and oxygen atoms in total. The fourth-order valence-electron chi connectivity index (χ4n) is 2.26. The van der Waals surface area contributed by atoms with Gasteiger partial charge in [-0.1, -0.05) is 0 Å². The minimum atomic E-state index is -0.526. The number of nitro benzene ring substituents is 1. The number of nitrogens with one attached hydrogen (secondary N) is 1. The molecule has 27 heavy (non-hydrogen) atoms. The molecule has 0 fully saturated rings. The number of rotatable bonds is 6. The molecule has 0 aliphatic carbocycles. The molecule has 0 aliphatic heterocycles. The molecule has 1 N–H and O–H groups in total. The molecular formula is C19H14FN3O4. The molecule has 8 heteroatoms. The molecule has 136 valence electrons. The first-order valence-corrected chi connectivity index (χ1v) is 7.92. The van der Waals surface area contributed by atoms with Crippen molar-refractivity contribution < 1.29 is 18.8 Å². The number of nitro groups is 1. The second kappa shape index (κ2) is 8.05. The Morgan fingerprint density at radius 3 is 2.48 bits per heavy atom.